The SMILES string of the molecule is CN(C(=O)Oc1ccc(F)cc1)[C@@H]1CNC[C@H]1c1ccc(Cl)c(F)c1. The second kappa shape index (κ2) is 7.37. The van der Waals surface area contributed by atoms with Gasteiger partial charge in [0.15, 0.2) is 0 Å². The van der Waals surface area contributed by atoms with Crippen LogP contribution in [0, 0.1) is 11.6 Å². The summed E-state index contributed by atoms with van der Waals surface area (Å²) in [7, 11) is 1.63. The van der Waals surface area contributed by atoms with E-state index < -0.39 is 17.7 Å². The molecule has 4 nitrogen and oxygen atoms in total. The molecule has 0 radical (unpaired) electrons. The van der Waals surface area contributed by atoms with E-state index >= 15 is 0 Å². The lowest BCUT2D eigenvalue weighted by atomic mass is 9.93. The molecule has 1 aliphatic rings. The van der Waals surface area contributed by atoms with Gasteiger partial charge in [0.2, 0.25) is 0 Å². The summed E-state index contributed by atoms with van der Waals surface area (Å²) in [6.45, 7) is 1.17. The van der Waals surface area contributed by atoms with E-state index in [1.165, 1.54) is 41.3 Å². The second-order valence-electron chi connectivity index (χ2n) is 5.94. The molecule has 1 amide bonds. The monoisotopic (exact) mass is 366 g/mol. The summed E-state index contributed by atoms with van der Waals surface area (Å²) in [5.41, 5.74) is 0.762. The fraction of sp³-hybridized carbons (Fsp3) is 0.278. The Morgan fingerprint density at radius 2 is 1.92 bits per heavy atom. The molecule has 2 aromatic rings. The summed E-state index contributed by atoms with van der Waals surface area (Å²) < 4.78 is 31.9. The maximum absolute atomic E-state index is 13.8. The fourth-order valence-corrected chi connectivity index (χ4v) is 3.08. The number of benzene rings is 2. The van der Waals surface area contributed by atoms with Crippen molar-refractivity contribution >= 4 is 17.7 Å². The molecule has 1 fully saturated rings. The van der Waals surface area contributed by atoms with Crippen molar-refractivity contribution in [2.24, 2.45) is 0 Å². The highest BCUT2D eigenvalue weighted by Crippen LogP contribution is 2.29. The van der Waals surface area contributed by atoms with E-state index in [0.717, 1.165) is 5.56 Å². The molecule has 0 unspecified atom stereocenters. The number of hydrogen-bond acceptors (Lipinski definition) is 3. The minimum absolute atomic E-state index is 0.0651. The third-order valence-corrected chi connectivity index (χ3v) is 4.66. The number of amides is 1. The van der Waals surface area contributed by atoms with Crippen LogP contribution in [0.3, 0.4) is 0 Å². The Balaban J connectivity index is 1.73. The first kappa shape index (κ1) is 17.6. The summed E-state index contributed by atoms with van der Waals surface area (Å²) in [6.07, 6.45) is -0.556. The third-order valence-electron chi connectivity index (χ3n) is 4.36. The standard InChI is InChI=1S/C18H17ClF2N2O2/c1-23(18(24)25-13-5-3-12(20)4-6-13)17-10-22-9-14(17)11-2-7-15(19)16(21)8-11/h2-8,14,17,22H,9-10H2,1H3/t14-,17+/m0/s1. The molecule has 1 saturated heterocycles. The van der Waals surface area contributed by atoms with E-state index in [-0.39, 0.29) is 22.7 Å². The van der Waals surface area contributed by atoms with E-state index in [1.807, 2.05) is 0 Å². The Kier molecular flexibility index (Phi) is 5.20. The maximum Gasteiger partial charge on any atom is 0.415 e. The Bertz CT molecular complexity index is 770. The normalized spacial score (nSPS) is 19.7. The number of likely N-dealkylation sites (N-methyl/N-ethyl adjacent to an activating group) is 1. The topological polar surface area (TPSA) is 41.6 Å². The number of rotatable bonds is 3. The zero-order chi connectivity index (χ0) is 18.0. The quantitative estimate of drug-likeness (QED) is 0.898. The highest BCUT2D eigenvalue weighted by molar-refractivity contribution is 6.30. The lowest BCUT2D eigenvalue weighted by Crippen LogP contribution is -2.42. The molecule has 0 aromatic heterocycles. The number of halogens is 3. The first-order valence-corrected chi connectivity index (χ1v) is 8.19. The molecule has 2 aromatic carbocycles. The van der Waals surface area contributed by atoms with Gasteiger partial charge in [0.1, 0.15) is 17.4 Å². The maximum atomic E-state index is 13.8. The van der Waals surface area contributed by atoms with Crippen molar-refractivity contribution in [2.75, 3.05) is 20.1 Å². The Labute approximate surface area is 149 Å². The number of nitrogens with one attached hydrogen (secondary N) is 1. The van der Waals surface area contributed by atoms with Crippen molar-refractivity contribution in [3.05, 3.63) is 64.7 Å². The molecular weight excluding hydrogens is 350 g/mol. The fourth-order valence-electron chi connectivity index (χ4n) is 2.97. The van der Waals surface area contributed by atoms with Gasteiger partial charge < -0.3 is 15.0 Å². The molecule has 0 bridgehead atoms. The van der Waals surface area contributed by atoms with Crippen LogP contribution >= 0.6 is 11.6 Å². The summed E-state index contributed by atoms with van der Waals surface area (Å²) >= 11 is 5.74. The smallest absolute Gasteiger partial charge is 0.410 e. The first-order valence-electron chi connectivity index (χ1n) is 7.81. The molecule has 25 heavy (non-hydrogen) atoms. The van der Waals surface area contributed by atoms with Crippen LogP contribution in [-0.2, 0) is 0 Å². The molecule has 0 spiro atoms. The Hall–Kier alpha value is -2.18. The number of hydrogen-bond donors (Lipinski definition) is 1. The van der Waals surface area contributed by atoms with Gasteiger partial charge in [-0.1, -0.05) is 17.7 Å². The van der Waals surface area contributed by atoms with Crippen LogP contribution in [0.5, 0.6) is 5.75 Å². The lowest BCUT2D eigenvalue weighted by Gasteiger charge is -2.28. The highest BCUT2D eigenvalue weighted by Gasteiger charge is 2.34. The van der Waals surface area contributed by atoms with Crippen LogP contribution in [0.4, 0.5) is 13.6 Å². The molecule has 2 atom stereocenters. The predicted octanol–water partition coefficient (Wildman–Crippen LogP) is 3.80. The Morgan fingerprint density at radius 3 is 2.60 bits per heavy atom. The summed E-state index contributed by atoms with van der Waals surface area (Å²) in [5, 5.41) is 3.27. The van der Waals surface area contributed by atoms with Gasteiger partial charge in [-0.25, -0.2) is 13.6 Å². The Morgan fingerprint density at radius 1 is 1.20 bits per heavy atom. The van der Waals surface area contributed by atoms with Crippen LogP contribution in [-0.4, -0.2) is 37.2 Å². The number of ether oxygens (including phenoxy) is 1. The van der Waals surface area contributed by atoms with Gasteiger partial charge in [-0.2, -0.15) is 0 Å². The molecule has 7 heteroatoms. The van der Waals surface area contributed by atoms with Crippen LogP contribution in [0.15, 0.2) is 42.5 Å². The third kappa shape index (κ3) is 3.91. The van der Waals surface area contributed by atoms with Crippen molar-refractivity contribution in [1.82, 2.24) is 10.2 Å². The average Bonchev–Trinajstić information content (AvgIpc) is 3.08. The van der Waals surface area contributed by atoms with E-state index in [4.69, 9.17) is 16.3 Å². The van der Waals surface area contributed by atoms with Gasteiger partial charge in [-0.3, -0.25) is 0 Å². The van der Waals surface area contributed by atoms with Crippen LogP contribution in [0.2, 0.25) is 5.02 Å². The predicted molar refractivity (Wildman–Crippen MR) is 91.0 cm³/mol. The van der Waals surface area contributed by atoms with E-state index in [2.05, 4.69) is 5.32 Å². The molecule has 1 N–H and O–H groups in total. The van der Waals surface area contributed by atoms with E-state index in [0.29, 0.717) is 13.1 Å². The zero-order valence-electron chi connectivity index (χ0n) is 13.5. The molecule has 0 saturated carbocycles. The van der Waals surface area contributed by atoms with Crippen LogP contribution in [0.25, 0.3) is 0 Å². The van der Waals surface area contributed by atoms with Gasteiger partial charge >= 0.3 is 6.09 Å². The summed E-state index contributed by atoms with van der Waals surface area (Å²) in [6, 6.07) is 9.69. The van der Waals surface area contributed by atoms with Gasteiger partial charge in [0, 0.05) is 26.1 Å². The summed E-state index contributed by atoms with van der Waals surface area (Å²) in [5.74, 6) is -0.713. The van der Waals surface area contributed by atoms with Crippen molar-refractivity contribution < 1.29 is 18.3 Å². The molecule has 1 heterocycles. The molecule has 132 valence electrons. The zero-order valence-corrected chi connectivity index (χ0v) is 14.3. The lowest BCUT2D eigenvalue weighted by molar-refractivity contribution is 0.145. The molecular formula is C18H17ClF2N2O2. The number of carbonyl (C=O) groups is 1. The molecule has 0 aliphatic carbocycles. The van der Waals surface area contributed by atoms with Crippen molar-refractivity contribution in [1.29, 1.82) is 0 Å². The second-order valence-corrected chi connectivity index (χ2v) is 6.35. The van der Waals surface area contributed by atoms with Crippen molar-refractivity contribution in [2.45, 2.75) is 12.0 Å². The molecule has 1 aliphatic heterocycles. The molecule has 3 rings (SSSR count). The van der Waals surface area contributed by atoms with Gasteiger partial charge in [-0.15, -0.1) is 0 Å². The average molecular weight is 367 g/mol. The summed E-state index contributed by atoms with van der Waals surface area (Å²) in [4.78, 5) is 13.8. The minimum atomic E-state index is -0.556. The number of nitrogens with zero attached hydrogens (tertiary/aromatic N) is 1. The van der Waals surface area contributed by atoms with E-state index in [1.54, 1.807) is 13.1 Å². The van der Waals surface area contributed by atoms with Crippen molar-refractivity contribution in [3.8, 4) is 5.75 Å². The van der Waals surface area contributed by atoms with Gasteiger partial charge in [-0.05, 0) is 42.0 Å². The first-order chi connectivity index (χ1) is 12.0. The van der Waals surface area contributed by atoms with E-state index in [9.17, 15) is 13.6 Å². The minimum Gasteiger partial charge on any atom is -0.410 e. The van der Waals surface area contributed by atoms with Crippen molar-refractivity contribution in [3.63, 3.8) is 0 Å². The van der Waals surface area contributed by atoms with Crippen LogP contribution in [0.1, 0.15) is 11.5 Å². The highest BCUT2D eigenvalue weighted by atomic mass is 35.5. The number of carbonyl (C=O) groups excluding carboxylic acids is 1. The largest absolute Gasteiger partial charge is 0.415 e. The van der Waals surface area contributed by atoms with Crippen LogP contribution < -0.4 is 10.1 Å². The van der Waals surface area contributed by atoms with Gasteiger partial charge in [0.25, 0.3) is 0 Å². The van der Waals surface area contributed by atoms with Gasteiger partial charge in [0.05, 0.1) is 11.1 Å².